The number of hydrazone groups is 1. The van der Waals surface area contributed by atoms with E-state index in [1.807, 2.05) is 24.3 Å². The minimum absolute atomic E-state index is 0.0365. The number of nitrogens with one attached hydrogen (secondary N) is 1. The van der Waals surface area contributed by atoms with Crippen LogP contribution in [0.4, 0.5) is 4.39 Å². The maximum absolute atomic E-state index is 13.3. The fourth-order valence-electron chi connectivity index (χ4n) is 1.99. The van der Waals surface area contributed by atoms with Crippen molar-refractivity contribution in [3.8, 4) is 5.75 Å². The standard InChI is InChI=1S/C19H21FN2O2/c1-19(2,3)15-10-8-14(9-11-15)12-21-22-18(23)13-24-17-7-5-4-6-16(17)20/h4-12H,13H2,1-3H3,(H,22,23)/b21-12+. The number of benzene rings is 2. The van der Waals surface area contributed by atoms with Gasteiger partial charge in [0.1, 0.15) is 0 Å². The minimum Gasteiger partial charge on any atom is -0.481 e. The Morgan fingerprint density at radius 2 is 1.83 bits per heavy atom. The van der Waals surface area contributed by atoms with Crippen LogP contribution in [0.2, 0.25) is 0 Å². The van der Waals surface area contributed by atoms with Crippen molar-refractivity contribution < 1.29 is 13.9 Å². The lowest BCUT2D eigenvalue weighted by Gasteiger charge is -2.18. The lowest BCUT2D eigenvalue weighted by Crippen LogP contribution is -2.24. The monoisotopic (exact) mass is 328 g/mol. The predicted octanol–water partition coefficient (Wildman–Crippen LogP) is 3.65. The molecule has 0 fully saturated rings. The summed E-state index contributed by atoms with van der Waals surface area (Å²) in [5.74, 6) is -0.928. The number of amides is 1. The Bertz CT molecular complexity index is 719. The third kappa shape index (κ3) is 5.19. The normalized spacial score (nSPS) is 11.5. The quantitative estimate of drug-likeness (QED) is 0.673. The average molecular weight is 328 g/mol. The van der Waals surface area contributed by atoms with Crippen LogP contribution in [0.15, 0.2) is 53.6 Å². The Balaban J connectivity index is 1.83. The van der Waals surface area contributed by atoms with Gasteiger partial charge in [-0.1, -0.05) is 57.2 Å². The Morgan fingerprint density at radius 1 is 1.17 bits per heavy atom. The van der Waals surface area contributed by atoms with Gasteiger partial charge in [-0.2, -0.15) is 5.10 Å². The second kappa shape index (κ2) is 7.73. The first kappa shape index (κ1) is 17.7. The molecule has 0 aliphatic rings. The van der Waals surface area contributed by atoms with Crippen molar-refractivity contribution in [3.05, 3.63) is 65.5 Å². The molecular weight excluding hydrogens is 307 g/mol. The number of rotatable bonds is 5. The summed E-state index contributed by atoms with van der Waals surface area (Å²) in [6, 6.07) is 13.9. The molecule has 1 amide bonds. The van der Waals surface area contributed by atoms with E-state index in [4.69, 9.17) is 4.74 Å². The smallest absolute Gasteiger partial charge is 0.277 e. The maximum Gasteiger partial charge on any atom is 0.277 e. The van der Waals surface area contributed by atoms with Gasteiger partial charge in [0.05, 0.1) is 6.21 Å². The van der Waals surface area contributed by atoms with Crippen LogP contribution >= 0.6 is 0 Å². The topological polar surface area (TPSA) is 50.7 Å². The molecule has 0 bridgehead atoms. The molecule has 0 aliphatic heterocycles. The van der Waals surface area contributed by atoms with Crippen LogP contribution in [-0.2, 0) is 10.2 Å². The fraction of sp³-hybridized carbons (Fsp3) is 0.263. The highest BCUT2D eigenvalue weighted by molar-refractivity contribution is 5.82. The zero-order chi connectivity index (χ0) is 17.6. The highest BCUT2D eigenvalue weighted by Crippen LogP contribution is 2.21. The Labute approximate surface area is 141 Å². The summed E-state index contributed by atoms with van der Waals surface area (Å²) in [5, 5.41) is 3.87. The van der Waals surface area contributed by atoms with Gasteiger partial charge in [-0.15, -0.1) is 0 Å². The number of para-hydroxylation sites is 1. The van der Waals surface area contributed by atoms with E-state index in [0.717, 1.165) is 5.56 Å². The molecule has 0 radical (unpaired) electrons. The molecule has 0 saturated heterocycles. The van der Waals surface area contributed by atoms with Crippen LogP contribution in [0.1, 0.15) is 31.9 Å². The number of ether oxygens (including phenoxy) is 1. The lowest BCUT2D eigenvalue weighted by molar-refractivity contribution is -0.123. The molecule has 0 atom stereocenters. The summed E-state index contributed by atoms with van der Waals surface area (Å²) >= 11 is 0. The lowest BCUT2D eigenvalue weighted by atomic mass is 9.87. The second-order valence-corrected chi connectivity index (χ2v) is 6.38. The summed E-state index contributed by atoms with van der Waals surface area (Å²) < 4.78 is 18.4. The van der Waals surface area contributed by atoms with Gasteiger partial charge < -0.3 is 4.74 Å². The molecule has 0 heterocycles. The molecule has 126 valence electrons. The minimum atomic E-state index is -0.507. The number of carbonyl (C=O) groups excluding carboxylic acids is 1. The van der Waals surface area contributed by atoms with Crippen LogP contribution in [0.5, 0.6) is 5.75 Å². The molecule has 0 spiro atoms. The van der Waals surface area contributed by atoms with Crippen molar-refractivity contribution in [3.63, 3.8) is 0 Å². The summed E-state index contributed by atoms with van der Waals surface area (Å²) in [6.07, 6.45) is 1.55. The molecule has 24 heavy (non-hydrogen) atoms. The molecule has 2 aromatic carbocycles. The van der Waals surface area contributed by atoms with Crippen LogP contribution < -0.4 is 10.2 Å². The molecule has 4 nitrogen and oxygen atoms in total. The van der Waals surface area contributed by atoms with Gasteiger partial charge >= 0.3 is 0 Å². The van der Waals surface area contributed by atoms with Crippen molar-refractivity contribution in [1.82, 2.24) is 5.43 Å². The summed E-state index contributed by atoms with van der Waals surface area (Å²) in [7, 11) is 0. The molecular formula is C19H21FN2O2. The van der Waals surface area contributed by atoms with Crippen molar-refractivity contribution in [2.24, 2.45) is 5.10 Å². The van der Waals surface area contributed by atoms with Gasteiger partial charge in [0.15, 0.2) is 18.2 Å². The Morgan fingerprint density at radius 3 is 2.46 bits per heavy atom. The molecule has 0 aromatic heterocycles. The van der Waals surface area contributed by atoms with E-state index in [-0.39, 0.29) is 17.8 Å². The zero-order valence-electron chi connectivity index (χ0n) is 14.0. The van der Waals surface area contributed by atoms with Crippen molar-refractivity contribution in [2.75, 3.05) is 6.61 Å². The molecule has 5 heteroatoms. The van der Waals surface area contributed by atoms with E-state index in [1.54, 1.807) is 18.3 Å². The van der Waals surface area contributed by atoms with E-state index in [2.05, 4.69) is 31.3 Å². The SMILES string of the molecule is CC(C)(C)c1ccc(/C=N/NC(=O)COc2ccccc2F)cc1. The first-order valence-corrected chi connectivity index (χ1v) is 7.66. The van der Waals surface area contributed by atoms with E-state index >= 15 is 0 Å². The average Bonchev–Trinajstić information content (AvgIpc) is 2.54. The third-order valence-corrected chi connectivity index (χ3v) is 3.37. The summed E-state index contributed by atoms with van der Waals surface area (Å²) in [6.45, 7) is 6.13. The highest BCUT2D eigenvalue weighted by Gasteiger charge is 2.12. The third-order valence-electron chi connectivity index (χ3n) is 3.37. The van der Waals surface area contributed by atoms with Gasteiger partial charge in [0, 0.05) is 0 Å². The number of halogens is 1. The first-order chi connectivity index (χ1) is 11.4. The van der Waals surface area contributed by atoms with Crippen molar-refractivity contribution in [2.45, 2.75) is 26.2 Å². The molecule has 2 rings (SSSR count). The van der Waals surface area contributed by atoms with E-state index < -0.39 is 11.7 Å². The molecule has 1 N–H and O–H groups in total. The summed E-state index contributed by atoms with van der Waals surface area (Å²) in [4.78, 5) is 11.6. The van der Waals surface area contributed by atoms with E-state index in [1.165, 1.54) is 17.7 Å². The molecule has 0 saturated carbocycles. The van der Waals surface area contributed by atoms with Gasteiger partial charge in [-0.25, -0.2) is 9.82 Å². The van der Waals surface area contributed by atoms with Gasteiger partial charge in [-0.3, -0.25) is 4.79 Å². The number of nitrogens with zero attached hydrogens (tertiary/aromatic N) is 1. The van der Waals surface area contributed by atoms with Gasteiger partial charge in [0.25, 0.3) is 5.91 Å². The first-order valence-electron chi connectivity index (χ1n) is 7.66. The Hall–Kier alpha value is -2.69. The second-order valence-electron chi connectivity index (χ2n) is 6.38. The van der Waals surface area contributed by atoms with E-state index in [9.17, 15) is 9.18 Å². The fourth-order valence-corrected chi connectivity index (χ4v) is 1.99. The number of hydrogen-bond acceptors (Lipinski definition) is 3. The van der Waals surface area contributed by atoms with Crippen LogP contribution in [0.25, 0.3) is 0 Å². The van der Waals surface area contributed by atoms with E-state index in [0.29, 0.717) is 0 Å². The largest absolute Gasteiger partial charge is 0.481 e. The molecule has 2 aromatic rings. The maximum atomic E-state index is 13.3. The number of carbonyl (C=O) groups is 1. The molecule has 0 aliphatic carbocycles. The van der Waals surface area contributed by atoms with Gasteiger partial charge in [0.2, 0.25) is 0 Å². The van der Waals surface area contributed by atoms with Crippen LogP contribution in [0.3, 0.4) is 0 Å². The van der Waals surface area contributed by atoms with Crippen LogP contribution in [-0.4, -0.2) is 18.7 Å². The van der Waals surface area contributed by atoms with Gasteiger partial charge in [-0.05, 0) is 28.7 Å². The summed E-state index contributed by atoms with van der Waals surface area (Å²) in [5.41, 5.74) is 4.54. The zero-order valence-corrected chi connectivity index (χ0v) is 14.0. The van der Waals surface area contributed by atoms with Crippen molar-refractivity contribution >= 4 is 12.1 Å². The Kier molecular flexibility index (Phi) is 5.68. The van der Waals surface area contributed by atoms with Crippen molar-refractivity contribution in [1.29, 1.82) is 0 Å². The number of hydrogen-bond donors (Lipinski definition) is 1. The molecule has 0 unspecified atom stereocenters. The van der Waals surface area contributed by atoms with Crippen LogP contribution in [0, 0.1) is 5.82 Å². The highest BCUT2D eigenvalue weighted by atomic mass is 19.1. The predicted molar refractivity (Wildman–Crippen MR) is 92.8 cm³/mol.